The van der Waals surface area contributed by atoms with E-state index in [1.54, 1.807) is 0 Å². The number of rotatable bonds is 17. The topological polar surface area (TPSA) is 3.24 Å². The molecule has 0 amide bonds. The molecule has 0 spiro atoms. The summed E-state index contributed by atoms with van der Waals surface area (Å²) in [5, 5.41) is 0. The quantitative estimate of drug-likeness (QED) is 0.188. The van der Waals surface area contributed by atoms with Gasteiger partial charge in [0, 0.05) is 13.1 Å². The van der Waals surface area contributed by atoms with E-state index in [2.05, 4.69) is 84.6 Å². The van der Waals surface area contributed by atoms with E-state index in [9.17, 15) is 0 Å². The fraction of sp³-hybridized carbons (Fsp3) is 0.517. The molecule has 0 heterocycles. The molecule has 2 aromatic carbocycles. The van der Waals surface area contributed by atoms with Gasteiger partial charge in [0.15, 0.2) is 0 Å². The van der Waals surface area contributed by atoms with Gasteiger partial charge in [-0.2, -0.15) is 0 Å². The molecule has 0 aliphatic rings. The van der Waals surface area contributed by atoms with Crippen LogP contribution in [0.1, 0.15) is 88.7 Å². The standard InChI is InChI=1S/C29H43N/c1-2-3-4-5-6-7-8-9-10-11-12-13-20-25-30(26-28-21-16-14-17-22-28)27-29-23-18-15-19-24-29/h11-12,14-19,21-24H,2-10,13,20,25-27H2,1H3/b12-11+. The Labute approximate surface area is 186 Å². The highest BCUT2D eigenvalue weighted by atomic mass is 15.1. The van der Waals surface area contributed by atoms with E-state index in [1.165, 1.54) is 81.8 Å². The third kappa shape index (κ3) is 12.0. The molecule has 0 N–H and O–H groups in total. The second-order valence-corrected chi connectivity index (χ2v) is 8.56. The first-order valence-electron chi connectivity index (χ1n) is 12.3. The van der Waals surface area contributed by atoms with Crippen LogP contribution in [-0.2, 0) is 13.1 Å². The van der Waals surface area contributed by atoms with Gasteiger partial charge in [0.25, 0.3) is 0 Å². The maximum Gasteiger partial charge on any atom is 0.0237 e. The van der Waals surface area contributed by atoms with Crippen molar-refractivity contribution in [1.29, 1.82) is 0 Å². The van der Waals surface area contributed by atoms with Crippen LogP contribution in [0.4, 0.5) is 0 Å². The fourth-order valence-electron chi connectivity index (χ4n) is 3.96. The van der Waals surface area contributed by atoms with Crippen LogP contribution in [0.2, 0.25) is 0 Å². The molecule has 1 heteroatoms. The molecule has 2 rings (SSSR count). The smallest absolute Gasteiger partial charge is 0.0237 e. The van der Waals surface area contributed by atoms with Crippen molar-refractivity contribution in [2.24, 2.45) is 0 Å². The van der Waals surface area contributed by atoms with Crippen LogP contribution >= 0.6 is 0 Å². The summed E-state index contributed by atoms with van der Waals surface area (Å²) in [5.74, 6) is 0. The normalized spacial score (nSPS) is 11.5. The lowest BCUT2D eigenvalue weighted by Crippen LogP contribution is -2.24. The molecule has 164 valence electrons. The molecule has 0 fully saturated rings. The third-order valence-corrected chi connectivity index (χ3v) is 5.73. The number of benzene rings is 2. The molecule has 0 aliphatic heterocycles. The molecule has 0 atom stereocenters. The Morgan fingerprint density at radius 1 is 0.567 bits per heavy atom. The van der Waals surface area contributed by atoms with Crippen molar-refractivity contribution in [3.05, 3.63) is 83.9 Å². The van der Waals surface area contributed by atoms with Gasteiger partial charge in [-0.25, -0.2) is 0 Å². The molecule has 0 aromatic heterocycles. The minimum Gasteiger partial charge on any atom is -0.295 e. The number of unbranched alkanes of at least 4 members (excludes halogenated alkanes) is 9. The largest absolute Gasteiger partial charge is 0.295 e. The predicted molar refractivity (Wildman–Crippen MR) is 133 cm³/mol. The van der Waals surface area contributed by atoms with Crippen LogP contribution in [0.5, 0.6) is 0 Å². The van der Waals surface area contributed by atoms with Crippen LogP contribution in [0.25, 0.3) is 0 Å². The van der Waals surface area contributed by atoms with Crippen LogP contribution in [-0.4, -0.2) is 11.4 Å². The lowest BCUT2D eigenvalue weighted by Gasteiger charge is -2.22. The molecular formula is C29H43N. The van der Waals surface area contributed by atoms with E-state index in [0.29, 0.717) is 0 Å². The zero-order chi connectivity index (χ0) is 21.1. The number of hydrogen-bond donors (Lipinski definition) is 0. The van der Waals surface area contributed by atoms with Gasteiger partial charge in [-0.15, -0.1) is 0 Å². The van der Waals surface area contributed by atoms with Gasteiger partial charge in [-0.1, -0.05) is 125 Å². The summed E-state index contributed by atoms with van der Waals surface area (Å²) in [6, 6.07) is 21.7. The highest BCUT2D eigenvalue weighted by molar-refractivity contribution is 5.17. The summed E-state index contributed by atoms with van der Waals surface area (Å²) < 4.78 is 0. The molecule has 0 aliphatic carbocycles. The maximum atomic E-state index is 2.58. The van der Waals surface area contributed by atoms with E-state index in [1.807, 2.05) is 0 Å². The van der Waals surface area contributed by atoms with Crippen LogP contribution in [0, 0.1) is 0 Å². The molecule has 0 saturated heterocycles. The summed E-state index contributed by atoms with van der Waals surface area (Å²) in [4.78, 5) is 2.58. The van der Waals surface area contributed by atoms with Gasteiger partial charge >= 0.3 is 0 Å². The average molecular weight is 406 g/mol. The Kier molecular flexibility index (Phi) is 13.7. The van der Waals surface area contributed by atoms with Crippen LogP contribution < -0.4 is 0 Å². The zero-order valence-electron chi connectivity index (χ0n) is 19.3. The molecule has 2 aromatic rings. The molecule has 30 heavy (non-hydrogen) atoms. The fourth-order valence-corrected chi connectivity index (χ4v) is 3.96. The third-order valence-electron chi connectivity index (χ3n) is 5.73. The van der Waals surface area contributed by atoms with Gasteiger partial charge in [0.1, 0.15) is 0 Å². The van der Waals surface area contributed by atoms with E-state index < -0.39 is 0 Å². The highest BCUT2D eigenvalue weighted by Gasteiger charge is 2.06. The van der Waals surface area contributed by atoms with Gasteiger partial charge in [0.05, 0.1) is 0 Å². The Bertz CT molecular complexity index is 605. The van der Waals surface area contributed by atoms with Crippen LogP contribution in [0.3, 0.4) is 0 Å². The van der Waals surface area contributed by atoms with Crippen molar-refractivity contribution >= 4 is 0 Å². The summed E-state index contributed by atoms with van der Waals surface area (Å²) in [5.41, 5.74) is 2.80. The number of allylic oxidation sites excluding steroid dienone is 2. The van der Waals surface area contributed by atoms with Gasteiger partial charge < -0.3 is 0 Å². The second-order valence-electron chi connectivity index (χ2n) is 8.56. The molecule has 0 radical (unpaired) electrons. The Balaban J connectivity index is 1.60. The Morgan fingerprint density at radius 3 is 1.57 bits per heavy atom. The maximum absolute atomic E-state index is 2.58. The van der Waals surface area contributed by atoms with E-state index in [0.717, 1.165) is 19.6 Å². The first kappa shape index (κ1) is 24.4. The molecule has 0 saturated carbocycles. The van der Waals surface area contributed by atoms with Gasteiger partial charge in [-0.05, 0) is 43.4 Å². The van der Waals surface area contributed by atoms with E-state index in [4.69, 9.17) is 0 Å². The van der Waals surface area contributed by atoms with Crippen molar-refractivity contribution in [3.8, 4) is 0 Å². The van der Waals surface area contributed by atoms with Crippen molar-refractivity contribution in [1.82, 2.24) is 4.90 Å². The lowest BCUT2D eigenvalue weighted by atomic mass is 10.1. The van der Waals surface area contributed by atoms with Crippen molar-refractivity contribution < 1.29 is 0 Å². The Hall–Kier alpha value is -1.86. The van der Waals surface area contributed by atoms with E-state index >= 15 is 0 Å². The molecular weight excluding hydrogens is 362 g/mol. The van der Waals surface area contributed by atoms with Crippen molar-refractivity contribution in [2.45, 2.75) is 90.6 Å². The van der Waals surface area contributed by atoms with E-state index in [-0.39, 0.29) is 0 Å². The Morgan fingerprint density at radius 2 is 1.03 bits per heavy atom. The number of nitrogens with zero attached hydrogens (tertiary/aromatic N) is 1. The zero-order valence-corrected chi connectivity index (χ0v) is 19.3. The second kappa shape index (κ2) is 16.9. The van der Waals surface area contributed by atoms with Gasteiger partial charge in [-0.3, -0.25) is 4.90 Å². The average Bonchev–Trinajstić information content (AvgIpc) is 2.78. The van der Waals surface area contributed by atoms with Gasteiger partial charge in [0.2, 0.25) is 0 Å². The molecule has 0 bridgehead atoms. The highest BCUT2D eigenvalue weighted by Crippen LogP contribution is 2.12. The first-order chi connectivity index (χ1) is 14.9. The predicted octanol–water partition coefficient (Wildman–Crippen LogP) is 8.56. The SMILES string of the molecule is CCCCCCCCCC/C=C/CCCN(Cc1ccccc1)Cc1ccccc1. The molecule has 0 unspecified atom stereocenters. The minimum atomic E-state index is 1.03. The summed E-state index contributed by atoms with van der Waals surface area (Å²) in [7, 11) is 0. The van der Waals surface area contributed by atoms with Crippen molar-refractivity contribution in [2.75, 3.05) is 6.54 Å². The minimum absolute atomic E-state index is 1.03. The lowest BCUT2D eigenvalue weighted by molar-refractivity contribution is 0.254. The molecule has 1 nitrogen and oxygen atoms in total. The summed E-state index contributed by atoms with van der Waals surface area (Å²) >= 11 is 0. The first-order valence-corrected chi connectivity index (χ1v) is 12.3. The van der Waals surface area contributed by atoms with Crippen molar-refractivity contribution in [3.63, 3.8) is 0 Å². The summed E-state index contributed by atoms with van der Waals surface area (Å²) in [6.45, 7) is 5.48. The number of hydrogen-bond acceptors (Lipinski definition) is 1. The van der Waals surface area contributed by atoms with Crippen LogP contribution in [0.15, 0.2) is 72.8 Å². The summed E-state index contributed by atoms with van der Waals surface area (Å²) in [6.07, 6.45) is 19.7. The monoisotopic (exact) mass is 405 g/mol.